The molecule has 2 atom stereocenters. The highest BCUT2D eigenvalue weighted by molar-refractivity contribution is 4.89. The summed E-state index contributed by atoms with van der Waals surface area (Å²) in [6.45, 7) is 7.28. The Morgan fingerprint density at radius 2 is 2.23 bits per heavy atom. The number of halogens is 1. The van der Waals surface area contributed by atoms with Crippen LogP contribution in [-0.4, -0.2) is 40.9 Å². The Morgan fingerprint density at radius 1 is 1.62 bits per heavy atom. The number of nitrogens with zero attached hydrogens (tertiary/aromatic N) is 1. The van der Waals surface area contributed by atoms with E-state index in [2.05, 4.69) is 4.90 Å². The SMILES string of the molecule is CC(O)CN1CCC(F)CC1(C)C. The minimum absolute atomic E-state index is 0.103. The summed E-state index contributed by atoms with van der Waals surface area (Å²) < 4.78 is 13.1. The van der Waals surface area contributed by atoms with E-state index in [9.17, 15) is 9.50 Å². The average molecular weight is 189 g/mol. The van der Waals surface area contributed by atoms with Crippen molar-refractivity contribution in [3.8, 4) is 0 Å². The van der Waals surface area contributed by atoms with Gasteiger partial charge in [-0.1, -0.05) is 0 Å². The van der Waals surface area contributed by atoms with Crippen molar-refractivity contribution in [2.45, 2.75) is 51.4 Å². The fraction of sp³-hybridized carbons (Fsp3) is 1.00. The van der Waals surface area contributed by atoms with Crippen molar-refractivity contribution in [1.29, 1.82) is 0 Å². The third-order valence-corrected chi connectivity index (χ3v) is 2.77. The molecule has 0 amide bonds. The van der Waals surface area contributed by atoms with Gasteiger partial charge in [0.2, 0.25) is 0 Å². The monoisotopic (exact) mass is 189 g/mol. The molecular formula is C10H20FNO. The first kappa shape index (κ1) is 10.9. The third kappa shape index (κ3) is 2.92. The number of rotatable bonds is 2. The van der Waals surface area contributed by atoms with Crippen LogP contribution in [-0.2, 0) is 0 Å². The molecule has 1 N–H and O–H groups in total. The van der Waals surface area contributed by atoms with E-state index in [-0.39, 0.29) is 11.6 Å². The zero-order valence-electron chi connectivity index (χ0n) is 8.76. The van der Waals surface area contributed by atoms with Gasteiger partial charge in [-0.2, -0.15) is 0 Å². The molecule has 0 aromatic rings. The Labute approximate surface area is 79.7 Å². The second-order valence-corrected chi connectivity index (χ2v) is 4.70. The van der Waals surface area contributed by atoms with Gasteiger partial charge >= 0.3 is 0 Å². The molecule has 0 aromatic carbocycles. The largest absolute Gasteiger partial charge is 0.392 e. The van der Waals surface area contributed by atoms with Crippen LogP contribution in [0.5, 0.6) is 0 Å². The van der Waals surface area contributed by atoms with Crippen LogP contribution in [0.1, 0.15) is 33.6 Å². The zero-order chi connectivity index (χ0) is 10.1. The fourth-order valence-electron chi connectivity index (χ4n) is 2.03. The second-order valence-electron chi connectivity index (χ2n) is 4.70. The summed E-state index contributed by atoms with van der Waals surface area (Å²) in [7, 11) is 0. The molecule has 3 heteroatoms. The van der Waals surface area contributed by atoms with Gasteiger partial charge in [-0.3, -0.25) is 4.90 Å². The van der Waals surface area contributed by atoms with E-state index in [0.29, 0.717) is 19.4 Å². The molecule has 1 rings (SSSR count). The summed E-state index contributed by atoms with van der Waals surface area (Å²) in [4.78, 5) is 2.17. The normalized spacial score (nSPS) is 31.6. The summed E-state index contributed by atoms with van der Waals surface area (Å²) in [5, 5.41) is 9.27. The molecule has 78 valence electrons. The van der Waals surface area contributed by atoms with Crippen molar-refractivity contribution in [1.82, 2.24) is 4.90 Å². The zero-order valence-corrected chi connectivity index (χ0v) is 8.76. The van der Waals surface area contributed by atoms with E-state index in [1.807, 2.05) is 13.8 Å². The van der Waals surface area contributed by atoms with Crippen LogP contribution in [0.3, 0.4) is 0 Å². The minimum atomic E-state index is -0.666. The van der Waals surface area contributed by atoms with E-state index in [1.54, 1.807) is 6.92 Å². The van der Waals surface area contributed by atoms with E-state index in [1.165, 1.54) is 0 Å². The van der Waals surface area contributed by atoms with Crippen LogP contribution >= 0.6 is 0 Å². The molecule has 1 fully saturated rings. The molecule has 1 aliphatic heterocycles. The smallest absolute Gasteiger partial charge is 0.103 e. The minimum Gasteiger partial charge on any atom is -0.392 e. The molecule has 1 heterocycles. The van der Waals surface area contributed by atoms with Gasteiger partial charge < -0.3 is 5.11 Å². The van der Waals surface area contributed by atoms with Crippen LogP contribution in [0, 0.1) is 0 Å². The lowest BCUT2D eigenvalue weighted by molar-refractivity contribution is 0.00312. The summed E-state index contributed by atoms with van der Waals surface area (Å²) >= 11 is 0. The second kappa shape index (κ2) is 3.93. The van der Waals surface area contributed by atoms with Gasteiger partial charge in [0.25, 0.3) is 0 Å². The fourth-order valence-corrected chi connectivity index (χ4v) is 2.03. The summed E-state index contributed by atoms with van der Waals surface area (Å²) in [5.74, 6) is 0. The van der Waals surface area contributed by atoms with E-state index < -0.39 is 6.17 Å². The molecular weight excluding hydrogens is 169 g/mol. The number of alkyl halides is 1. The number of hydrogen-bond donors (Lipinski definition) is 1. The Bertz CT molecular complexity index is 170. The van der Waals surface area contributed by atoms with Gasteiger partial charge in [-0.05, 0) is 33.6 Å². The van der Waals surface area contributed by atoms with Gasteiger partial charge in [0.05, 0.1) is 6.10 Å². The third-order valence-electron chi connectivity index (χ3n) is 2.77. The Hall–Kier alpha value is -0.150. The maximum absolute atomic E-state index is 13.1. The van der Waals surface area contributed by atoms with Gasteiger partial charge in [0.1, 0.15) is 6.17 Å². The topological polar surface area (TPSA) is 23.5 Å². The molecule has 1 saturated heterocycles. The van der Waals surface area contributed by atoms with Gasteiger partial charge in [-0.15, -0.1) is 0 Å². The van der Waals surface area contributed by atoms with E-state index in [4.69, 9.17) is 0 Å². The first-order valence-electron chi connectivity index (χ1n) is 4.99. The highest BCUT2D eigenvalue weighted by Crippen LogP contribution is 2.29. The van der Waals surface area contributed by atoms with Crippen molar-refractivity contribution >= 4 is 0 Å². The number of hydrogen-bond acceptors (Lipinski definition) is 2. The standard InChI is InChI=1S/C10H20FNO/c1-8(13)7-12-5-4-9(11)6-10(12,2)3/h8-9,13H,4-7H2,1-3H3. The highest BCUT2D eigenvalue weighted by Gasteiger charge is 2.34. The number of β-amino-alcohol motifs (C(OH)–C–C–N with tert-alkyl or cyclic N) is 1. The first-order chi connectivity index (χ1) is 5.92. The Morgan fingerprint density at radius 3 is 2.69 bits per heavy atom. The lowest BCUT2D eigenvalue weighted by atomic mass is 9.89. The van der Waals surface area contributed by atoms with Crippen molar-refractivity contribution in [2.75, 3.05) is 13.1 Å². The van der Waals surface area contributed by atoms with Crippen molar-refractivity contribution in [3.05, 3.63) is 0 Å². The molecule has 0 saturated carbocycles. The van der Waals surface area contributed by atoms with Gasteiger partial charge in [0.15, 0.2) is 0 Å². The van der Waals surface area contributed by atoms with E-state index >= 15 is 0 Å². The van der Waals surface area contributed by atoms with Crippen LogP contribution in [0.25, 0.3) is 0 Å². The van der Waals surface area contributed by atoms with Crippen molar-refractivity contribution in [2.24, 2.45) is 0 Å². The summed E-state index contributed by atoms with van der Waals surface area (Å²) in [6, 6.07) is 0. The average Bonchev–Trinajstić information content (AvgIpc) is 1.93. The molecule has 13 heavy (non-hydrogen) atoms. The van der Waals surface area contributed by atoms with Crippen LogP contribution in [0.4, 0.5) is 4.39 Å². The predicted molar refractivity (Wildman–Crippen MR) is 51.5 cm³/mol. The number of likely N-dealkylation sites (tertiary alicyclic amines) is 1. The molecule has 0 bridgehead atoms. The van der Waals surface area contributed by atoms with Gasteiger partial charge in [-0.25, -0.2) is 4.39 Å². The summed E-state index contributed by atoms with van der Waals surface area (Å²) in [6.07, 6.45) is 0.200. The Kier molecular flexibility index (Phi) is 3.30. The lowest BCUT2D eigenvalue weighted by Crippen LogP contribution is -2.52. The number of piperidine rings is 1. The quantitative estimate of drug-likeness (QED) is 0.713. The Balaban J connectivity index is 2.54. The molecule has 0 aromatic heterocycles. The molecule has 0 spiro atoms. The van der Waals surface area contributed by atoms with E-state index in [0.717, 1.165) is 6.54 Å². The molecule has 2 unspecified atom stereocenters. The molecule has 0 radical (unpaired) electrons. The van der Waals surface area contributed by atoms with Crippen molar-refractivity contribution in [3.63, 3.8) is 0 Å². The van der Waals surface area contributed by atoms with Crippen LogP contribution in [0.15, 0.2) is 0 Å². The summed E-state index contributed by atoms with van der Waals surface area (Å²) in [5.41, 5.74) is -0.103. The first-order valence-corrected chi connectivity index (χ1v) is 4.99. The maximum Gasteiger partial charge on any atom is 0.103 e. The number of aliphatic hydroxyl groups excluding tert-OH is 1. The van der Waals surface area contributed by atoms with Crippen LogP contribution in [0.2, 0.25) is 0 Å². The van der Waals surface area contributed by atoms with Gasteiger partial charge in [0, 0.05) is 18.6 Å². The van der Waals surface area contributed by atoms with Crippen molar-refractivity contribution < 1.29 is 9.50 Å². The lowest BCUT2D eigenvalue weighted by Gasteiger charge is -2.44. The highest BCUT2D eigenvalue weighted by atomic mass is 19.1. The molecule has 0 aliphatic carbocycles. The molecule has 1 aliphatic rings. The maximum atomic E-state index is 13.1. The predicted octanol–water partition coefficient (Wildman–Crippen LogP) is 1.58. The molecule has 2 nitrogen and oxygen atoms in total. The number of aliphatic hydroxyl groups is 1. The van der Waals surface area contributed by atoms with Crippen LogP contribution < -0.4 is 0 Å².